The molecule has 0 spiro atoms. The van der Waals surface area contributed by atoms with Gasteiger partial charge in [0.1, 0.15) is 5.00 Å². The molecule has 10 heteroatoms. The number of anilines is 2. The second-order valence-electron chi connectivity index (χ2n) is 6.71. The van der Waals surface area contributed by atoms with Crippen LogP contribution in [-0.4, -0.2) is 29.9 Å². The van der Waals surface area contributed by atoms with Gasteiger partial charge in [-0.2, -0.15) is 0 Å². The molecule has 0 unspecified atom stereocenters. The molecule has 4 rings (SSSR count). The third-order valence-corrected chi connectivity index (χ3v) is 6.69. The highest BCUT2D eigenvalue weighted by molar-refractivity contribution is 7.17. The van der Waals surface area contributed by atoms with E-state index in [1.165, 1.54) is 36.0 Å². The molecule has 0 radical (unpaired) electrons. The van der Waals surface area contributed by atoms with Crippen LogP contribution in [-0.2, 0) is 28.8 Å². The Kier molecular flexibility index (Phi) is 5.96. The van der Waals surface area contributed by atoms with Crippen molar-refractivity contribution in [3.8, 4) is 0 Å². The van der Waals surface area contributed by atoms with Crippen LogP contribution >= 0.6 is 22.7 Å². The van der Waals surface area contributed by atoms with Crippen LogP contribution in [0.15, 0.2) is 28.2 Å². The van der Waals surface area contributed by atoms with Crippen LogP contribution < -0.4 is 10.6 Å². The third kappa shape index (κ3) is 4.29. The van der Waals surface area contributed by atoms with E-state index in [2.05, 4.69) is 15.6 Å². The van der Waals surface area contributed by atoms with E-state index in [0.717, 1.165) is 36.1 Å². The Labute approximate surface area is 180 Å². The Hall–Kier alpha value is -2.98. The van der Waals surface area contributed by atoms with Gasteiger partial charge in [0.25, 0.3) is 5.91 Å². The standard InChI is InChI=1S/C20H19N3O5S2/c1-27-19(26)16-12-5-2-3-7-14(12)30-18(16)22-15(24)9-11-10-29-20(21-11)23-17(25)13-6-4-8-28-13/h4,6,8,10H,2-3,5,7,9H2,1H3,(H,22,24)(H,21,23,25). The van der Waals surface area contributed by atoms with Crippen molar-refractivity contribution in [2.24, 2.45) is 0 Å². The summed E-state index contributed by atoms with van der Waals surface area (Å²) < 4.78 is 9.97. The van der Waals surface area contributed by atoms with Crippen molar-refractivity contribution in [3.63, 3.8) is 0 Å². The van der Waals surface area contributed by atoms with Crippen molar-refractivity contribution < 1.29 is 23.5 Å². The number of nitrogens with one attached hydrogen (secondary N) is 2. The van der Waals surface area contributed by atoms with Gasteiger partial charge in [0.15, 0.2) is 10.9 Å². The number of rotatable bonds is 6. The lowest BCUT2D eigenvalue weighted by atomic mass is 9.95. The van der Waals surface area contributed by atoms with Crippen molar-refractivity contribution in [3.05, 3.63) is 51.2 Å². The summed E-state index contributed by atoms with van der Waals surface area (Å²) in [6.45, 7) is 0. The number of hydrogen-bond acceptors (Lipinski definition) is 8. The van der Waals surface area contributed by atoms with Crippen molar-refractivity contribution in [2.45, 2.75) is 32.1 Å². The number of fused-ring (bicyclic) bond motifs is 1. The molecular formula is C20H19N3O5S2. The average molecular weight is 446 g/mol. The van der Waals surface area contributed by atoms with Gasteiger partial charge >= 0.3 is 5.97 Å². The number of hydrogen-bond donors (Lipinski definition) is 2. The minimum atomic E-state index is -0.429. The normalized spacial score (nSPS) is 12.8. The van der Waals surface area contributed by atoms with Gasteiger partial charge in [-0.25, -0.2) is 9.78 Å². The summed E-state index contributed by atoms with van der Waals surface area (Å²) in [6.07, 6.45) is 5.26. The van der Waals surface area contributed by atoms with Gasteiger partial charge in [-0.05, 0) is 43.4 Å². The molecule has 0 aromatic carbocycles. The number of aryl methyl sites for hydroxylation is 1. The van der Waals surface area contributed by atoms with Crippen LogP contribution in [0, 0.1) is 0 Å². The molecular weight excluding hydrogens is 426 g/mol. The fourth-order valence-electron chi connectivity index (χ4n) is 3.32. The fourth-order valence-corrected chi connectivity index (χ4v) is 5.32. The molecule has 156 valence electrons. The molecule has 3 aromatic heterocycles. The molecule has 30 heavy (non-hydrogen) atoms. The largest absolute Gasteiger partial charge is 0.465 e. The lowest BCUT2D eigenvalue weighted by Crippen LogP contribution is -2.17. The Balaban J connectivity index is 1.43. The van der Waals surface area contributed by atoms with Crippen LogP contribution in [0.3, 0.4) is 0 Å². The molecule has 0 aliphatic heterocycles. The molecule has 8 nitrogen and oxygen atoms in total. The molecule has 0 atom stereocenters. The summed E-state index contributed by atoms with van der Waals surface area (Å²) in [7, 11) is 1.34. The predicted molar refractivity (Wildman–Crippen MR) is 113 cm³/mol. The number of ether oxygens (including phenoxy) is 1. The molecule has 2 amide bonds. The molecule has 0 fully saturated rings. The second kappa shape index (κ2) is 8.80. The van der Waals surface area contributed by atoms with E-state index in [9.17, 15) is 14.4 Å². The molecule has 0 saturated heterocycles. The van der Waals surface area contributed by atoms with E-state index < -0.39 is 11.9 Å². The van der Waals surface area contributed by atoms with E-state index in [0.29, 0.717) is 21.4 Å². The minimum absolute atomic E-state index is 0.0241. The number of furan rings is 1. The van der Waals surface area contributed by atoms with Crippen molar-refractivity contribution >= 4 is 50.6 Å². The number of thiophene rings is 1. The number of methoxy groups -OCH3 is 1. The van der Waals surface area contributed by atoms with Gasteiger partial charge in [0.2, 0.25) is 5.91 Å². The lowest BCUT2D eigenvalue weighted by molar-refractivity contribution is -0.115. The van der Waals surface area contributed by atoms with Gasteiger partial charge in [-0.3, -0.25) is 14.9 Å². The van der Waals surface area contributed by atoms with Gasteiger partial charge in [0, 0.05) is 10.3 Å². The first-order valence-corrected chi connectivity index (χ1v) is 11.1. The molecule has 1 aliphatic rings. The lowest BCUT2D eigenvalue weighted by Gasteiger charge is -2.11. The maximum atomic E-state index is 12.6. The van der Waals surface area contributed by atoms with Gasteiger partial charge in [-0.1, -0.05) is 0 Å². The molecule has 0 bridgehead atoms. The Morgan fingerprint density at radius 2 is 2.07 bits per heavy atom. The summed E-state index contributed by atoms with van der Waals surface area (Å²) in [5, 5.41) is 8.09. The number of thiazole rings is 1. The SMILES string of the molecule is COC(=O)c1c(NC(=O)Cc2csc(NC(=O)c3ccco3)n2)sc2c1CCCC2. The summed E-state index contributed by atoms with van der Waals surface area (Å²) >= 11 is 2.66. The fraction of sp³-hybridized carbons (Fsp3) is 0.300. The molecule has 3 aromatic rings. The first-order chi connectivity index (χ1) is 14.5. The van der Waals surface area contributed by atoms with Crippen LogP contribution in [0.5, 0.6) is 0 Å². The Morgan fingerprint density at radius 3 is 2.83 bits per heavy atom. The van der Waals surface area contributed by atoms with E-state index in [1.807, 2.05) is 0 Å². The summed E-state index contributed by atoms with van der Waals surface area (Å²) in [4.78, 5) is 42.3. The van der Waals surface area contributed by atoms with Crippen molar-refractivity contribution in [1.82, 2.24) is 4.98 Å². The van der Waals surface area contributed by atoms with Crippen molar-refractivity contribution in [2.75, 3.05) is 17.7 Å². The van der Waals surface area contributed by atoms with Gasteiger partial charge < -0.3 is 14.5 Å². The van der Waals surface area contributed by atoms with E-state index in [4.69, 9.17) is 9.15 Å². The molecule has 3 heterocycles. The number of aromatic nitrogens is 1. The zero-order valence-corrected chi connectivity index (χ0v) is 17.8. The van der Waals surface area contributed by atoms with E-state index in [1.54, 1.807) is 17.5 Å². The van der Waals surface area contributed by atoms with Crippen LogP contribution in [0.2, 0.25) is 0 Å². The van der Waals surface area contributed by atoms with Gasteiger partial charge in [0.05, 0.1) is 31.1 Å². The molecule has 2 N–H and O–H groups in total. The second-order valence-corrected chi connectivity index (χ2v) is 8.67. The number of esters is 1. The number of carbonyl (C=O) groups is 3. The monoisotopic (exact) mass is 445 g/mol. The summed E-state index contributed by atoms with van der Waals surface area (Å²) in [5.74, 6) is -0.937. The maximum absolute atomic E-state index is 12.6. The highest BCUT2D eigenvalue weighted by Crippen LogP contribution is 2.38. The average Bonchev–Trinajstić information content (AvgIpc) is 3.47. The maximum Gasteiger partial charge on any atom is 0.341 e. The first-order valence-electron chi connectivity index (χ1n) is 9.37. The van der Waals surface area contributed by atoms with E-state index >= 15 is 0 Å². The third-order valence-electron chi connectivity index (χ3n) is 4.67. The highest BCUT2D eigenvalue weighted by Gasteiger charge is 2.27. The summed E-state index contributed by atoms with van der Waals surface area (Å²) in [5.41, 5.74) is 1.98. The number of nitrogens with zero attached hydrogens (tertiary/aromatic N) is 1. The zero-order valence-electron chi connectivity index (χ0n) is 16.1. The number of carbonyl (C=O) groups excluding carboxylic acids is 3. The topological polar surface area (TPSA) is 111 Å². The number of amides is 2. The van der Waals surface area contributed by atoms with Gasteiger partial charge in [-0.15, -0.1) is 22.7 Å². The van der Waals surface area contributed by atoms with Crippen LogP contribution in [0.25, 0.3) is 0 Å². The minimum Gasteiger partial charge on any atom is -0.465 e. The Morgan fingerprint density at radius 1 is 1.23 bits per heavy atom. The smallest absolute Gasteiger partial charge is 0.341 e. The summed E-state index contributed by atoms with van der Waals surface area (Å²) in [6, 6.07) is 3.17. The van der Waals surface area contributed by atoms with Crippen LogP contribution in [0.4, 0.5) is 10.1 Å². The highest BCUT2D eigenvalue weighted by atomic mass is 32.1. The zero-order chi connectivity index (χ0) is 21.1. The quantitative estimate of drug-likeness (QED) is 0.557. The Bertz CT molecular complexity index is 1080. The molecule has 1 aliphatic carbocycles. The van der Waals surface area contributed by atoms with Crippen LogP contribution in [0.1, 0.15) is 49.9 Å². The molecule has 0 saturated carbocycles. The van der Waals surface area contributed by atoms with E-state index in [-0.39, 0.29) is 18.1 Å². The van der Waals surface area contributed by atoms with Crippen molar-refractivity contribution in [1.29, 1.82) is 0 Å². The first kappa shape index (κ1) is 20.3. The predicted octanol–water partition coefficient (Wildman–Crippen LogP) is 3.90.